The summed E-state index contributed by atoms with van der Waals surface area (Å²) >= 11 is 12.2. The van der Waals surface area contributed by atoms with E-state index in [1.54, 1.807) is 22.8 Å². The molecule has 174 valence electrons. The smallest absolute Gasteiger partial charge is 0.217 e. The van der Waals surface area contributed by atoms with E-state index in [-0.39, 0.29) is 4.77 Å². The van der Waals surface area contributed by atoms with E-state index in [0.29, 0.717) is 16.4 Å². The number of hydrogen-bond donors (Lipinski definition) is 4. The van der Waals surface area contributed by atoms with Crippen molar-refractivity contribution >= 4 is 29.7 Å². The van der Waals surface area contributed by atoms with Gasteiger partial charge in [0.1, 0.15) is 24.4 Å². The van der Waals surface area contributed by atoms with Crippen molar-refractivity contribution in [3.8, 4) is 17.1 Å². The lowest BCUT2D eigenvalue weighted by Gasteiger charge is -2.42. The fourth-order valence-electron chi connectivity index (χ4n) is 3.87. The Morgan fingerprint density at radius 3 is 2.45 bits per heavy atom. The summed E-state index contributed by atoms with van der Waals surface area (Å²) in [7, 11) is 0. The number of carbonyl (C=O) groups excluding carboxylic acids is 1. The van der Waals surface area contributed by atoms with Crippen molar-refractivity contribution in [2.45, 2.75) is 37.5 Å². The Morgan fingerprint density at radius 1 is 1.15 bits per heavy atom. The Kier molecular flexibility index (Phi) is 6.94. The number of aliphatic hydroxyl groups is 3. The third-order valence-corrected chi connectivity index (χ3v) is 6.14. The van der Waals surface area contributed by atoms with Gasteiger partial charge in [-0.15, -0.1) is 5.10 Å². The maximum absolute atomic E-state index is 11.8. The minimum Gasteiger partial charge on any atom is -0.394 e. The van der Waals surface area contributed by atoms with Crippen molar-refractivity contribution in [3.63, 3.8) is 0 Å². The summed E-state index contributed by atoms with van der Waals surface area (Å²) in [6, 6.07) is 15.3. The van der Waals surface area contributed by atoms with Crippen molar-refractivity contribution in [2.24, 2.45) is 0 Å². The van der Waals surface area contributed by atoms with Crippen molar-refractivity contribution < 1.29 is 24.9 Å². The minimum atomic E-state index is -1.43. The highest BCUT2D eigenvalue weighted by Gasteiger charge is 2.46. The average molecular weight is 491 g/mol. The molecular formula is C22H23ClN4O5S. The lowest BCUT2D eigenvalue weighted by Crippen LogP contribution is -2.62. The summed E-state index contributed by atoms with van der Waals surface area (Å²) in [5.41, 5.74) is 1.33. The number of ether oxygens (including phenoxy) is 1. The maximum atomic E-state index is 11.8. The van der Waals surface area contributed by atoms with Crippen LogP contribution in [0.25, 0.3) is 17.1 Å². The maximum Gasteiger partial charge on any atom is 0.217 e. The number of halogens is 1. The van der Waals surface area contributed by atoms with E-state index in [4.69, 9.17) is 28.6 Å². The molecule has 0 spiro atoms. The van der Waals surface area contributed by atoms with Crippen LogP contribution < -0.4 is 5.32 Å². The van der Waals surface area contributed by atoms with E-state index in [1.807, 2.05) is 36.4 Å². The molecule has 9 nitrogen and oxygen atoms in total. The van der Waals surface area contributed by atoms with E-state index < -0.39 is 43.1 Å². The molecule has 1 saturated heterocycles. The van der Waals surface area contributed by atoms with Gasteiger partial charge in [-0.2, -0.15) is 0 Å². The molecule has 11 heteroatoms. The second-order valence-electron chi connectivity index (χ2n) is 7.66. The molecular weight excluding hydrogens is 468 g/mol. The highest BCUT2D eigenvalue weighted by atomic mass is 35.5. The number of aromatic nitrogens is 3. The number of carbonyl (C=O) groups is 1. The molecule has 1 aromatic heterocycles. The van der Waals surface area contributed by atoms with Crippen LogP contribution in [-0.2, 0) is 9.53 Å². The molecule has 1 aliphatic rings. The summed E-state index contributed by atoms with van der Waals surface area (Å²) < 4.78 is 9.14. The molecule has 2 aromatic carbocycles. The van der Waals surface area contributed by atoms with Gasteiger partial charge in [-0.05, 0) is 36.5 Å². The minimum absolute atomic E-state index is 0.205. The van der Waals surface area contributed by atoms with Crippen LogP contribution in [0.2, 0.25) is 5.02 Å². The van der Waals surface area contributed by atoms with Gasteiger partial charge < -0.3 is 25.4 Å². The first-order chi connectivity index (χ1) is 15.8. The Balaban J connectivity index is 1.92. The quantitative estimate of drug-likeness (QED) is 0.402. The molecule has 0 saturated carbocycles. The molecule has 1 aliphatic heterocycles. The zero-order chi connectivity index (χ0) is 23.7. The average Bonchev–Trinajstić information content (AvgIpc) is 3.14. The van der Waals surface area contributed by atoms with Gasteiger partial charge in [0.05, 0.1) is 11.6 Å². The van der Waals surface area contributed by atoms with Gasteiger partial charge in [-0.25, -0.2) is 4.68 Å². The molecule has 4 N–H and O–H groups in total. The molecule has 2 heterocycles. The Morgan fingerprint density at radius 2 is 1.82 bits per heavy atom. The number of hydrogen-bond acceptors (Lipinski definition) is 7. The Bertz CT molecular complexity index is 1200. The summed E-state index contributed by atoms with van der Waals surface area (Å²) in [6.07, 6.45) is -5.07. The zero-order valence-corrected chi connectivity index (χ0v) is 19.1. The first-order valence-corrected chi connectivity index (χ1v) is 11.0. The Hall–Kier alpha value is -2.60. The number of amides is 1. The second-order valence-corrected chi connectivity index (χ2v) is 8.43. The third-order valence-electron chi connectivity index (χ3n) is 5.44. The van der Waals surface area contributed by atoms with Crippen LogP contribution in [0.1, 0.15) is 13.2 Å². The van der Waals surface area contributed by atoms with Gasteiger partial charge in [0, 0.05) is 18.2 Å². The van der Waals surface area contributed by atoms with Crippen LogP contribution in [0.3, 0.4) is 0 Å². The second kappa shape index (κ2) is 9.72. The van der Waals surface area contributed by atoms with Gasteiger partial charge in [-0.3, -0.25) is 9.36 Å². The van der Waals surface area contributed by atoms with E-state index in [1.165, 1.54) is 11.6 Å². The van der Waals surface area contributed by atoms with E-state index in [0.717, 1.165) is 5.69 Å². The summed E-state index contributed by atoms with van der Waals surface area (Å²) in [5.74, 6) is -0.0224. The van der Waals surface area contributed by atoms with Crippen LogP contribution >= 0.6 is 23.8 Å². The predicted molar refractivity (Wildman–Crippen MR) is 123 cm³/mol. The standard InChI is InChI=1S/C22H23ClN4O5S/c1-12(29)24-17-19(31)18(30)16(11-28)32-21(17)27-22(33)26(13-7-3-2-4-8-13)20(25-27)14-9-5-6-10-15(14)23/h2-10,16-19,21,28,30-31H,11H2,1H3,(H,24,29)/t16-,17-,18-,19+,21+/m1/s1. The van der Waals surface area contributed by atoms with Crippen LogP contribution in [0.15, 0.2) is 54.6 Å². The molecule has 0 unspecified atom stereocenters. The van der Waals surface area contributed by atoms with Gasteiger partial charge >= 0.3 is 0 Å². The van der Waals surface area contributed by atoms with Gasteiger partial charge in [0.15, 0.2) is 12.1 Å². The molecule has 1 amide bonds. The van der Waals surface area contributed by atoms with Gasteiger partial charge in [-0.1, -0.05) is 41.9 Å². The van der Waals surface area contributed by atoms with Crippen LogP contribution in [0.4, 0.5) is 0 Å². The van der Waals surface area contributed by atoms with Crippen molar-refractivity contribution in [3.05, 3.63) is 64.4 Å². The van der Waals surface area contributed by atoms with Crippen molar-refractivity contribution in [2.75, 3.05) is 6.61 Å². The van der Waals surface area contributed by atoms with Crippen LogP contribution in [-0.4, -0.2) is 66.5 Å². The van der Waals surface area contributed by atoms with Gasteiger partial charge in [0.2, 0.25) is 10.7 Å². The normalized spacial score (nSPS) is 25.1. The SMILES string of the molecule is CC(=O)N[C@@H]1[C@H](O)[C@H](O)[C@@H](CO)O[C@@H]1n1nc(-c2ccccc2Cl)n(-c2ccccc2)c1=S. The molecule has 0 radical (unpaired) electrons. The van der Waals surface area contributed by atoms with E-state index in [9.17, 15) is 20.1 Å². The summed E-state index contributed by atoms with van der Waals surface area (Å²) in [4.78, 5) is 11.8. The first kappa shape index (κ1) is 23.6. The number of nitrogens with zero attached hydrogens (tertiary/aromatic N) is 3. The number of aliphatic hydroxyl groups excluding tert-OH is 3. The number of rotatable bonds is 5. The van der Waals surface area contributed by atoms with Crippen LogP contribution in [0.5, 0.6) is 0 Å². The number of para-hydroxylation sites is 1. The monoisotopic (exact) mass is 490 g/mol. The predicted octanol–water partition coefficient (Wildman–Crippen LogP) is 1.84. The van der Waals surface area contributed by atoms with Crippen molar-refractivity contribution in [1.29, 1.82) is 0 Å². The largest absolute Gasteiger partial charge is 0.394 e. The Labute approximate surface area is 199 Å². The molecule has 1 fully saturated rings. The topological polar surface area (TPSA) is 122 Å². The molecule has 3 aromatic rings. The molecule has 5 atom stereocenters. The van der Waals surface area contributed by atoms with E-state index in [2.05, 4.69) is 10.4 Å². The third kappa shape index (κ3) is 4.45. The molecule has 0 aliphatic carbocycles. The van der Waals surface area contributed by atoms with Gasteiger partial charge in [0.25, 0.3) is 0 Å². The highest BCUT2D eigenvalue weighted by molar-refractivity contribution is 7.71. The molecule has 0 bridgehead atoms. The summed E-state index contributed by atoms with van der Waals surface area (Å²) in [5, 5.41) is 38.4. The highest BCUT2D eigenvalue weighted by Crippen LogP contribution is 2.33. The molecule has 4 rings (SSSR count). The van der Waals surface area contributed by atoms with E-state index >= 15 is 0 Å². The fraction of sp³-hybridized carbons (Fsp3) is 0.318. The lowest BCUT2D eigenvalue weighted by molar-refractivity contribution is -0.219. The molecule has 33 heavy (non-hydrogen) atoms. The fourth-order valence-corrected chi connectivity index (χ4v) is 4.43. The summed E-state index contributed by atoms with van der Waals surface area (Å²) in [6.45, 7) is 0.733. The van der Waals surface area contributed by atoms with Crippen LogP contribution in [0, 0.1) is 4.77 Å². The lowest BCUT2D eigenvalue weighted by atomic mass is 9.96. The number of benzene rings is 2. The zero-order valence-electron chi connectivity index (χ0n) is 17.6. The first-order valence-electron chi connectivity index (χ1n) is 10.2. The number of nitrogens with one attached hydrogen (secondary N) is 1. The van der Waals surface area contributed by atoms with Crippen molar-refractivity contribution in [1.82, 2.24) is 19.7 Å².